The second-order valence-electron chi connectivity index (χ2n) is 9.73. The standard InChI is InChI=1S/C25H34F3N7O2/c1-3-19-23(30-15-4-7-17(36)8-5-15)33-24(21(32-19)22(29)37)31-16-6-9-20(18(14-16)25(26,27)28)35-12-10-34(2)11-13-35/h6,9,14-15,17,36H,3-5,7-8,10-13H2,1-2H3,(H2,29,37)(H2,30,31,33)/t15-,17-. The van der Waals surface area contributed by atoms with E-state index in [4.69, 9.17) is 5.73 Å². The number of primary amides is 1. The van der Waals surface area contributed by atoms with E-state index in [0.717, 1.165) is 18.9 Å². The second kappa shape index (κ2) is 11.1. The van der Waals surface area contributed by atoms with E-state index >= 15 is 0 Å². The molecule has 37 heavy (non-hydrogen) atoms. The van der Waals surface area contributed by atoms with Crippen LogP contribution in [-0.4, -0.2) is 71.3 Å². The molecule has 2 fully saturated rings. The lowest BCUT2D eigenvalue weighted by Crippen LogP contribution is -2.45. The van der Waals surface area contributed by atoms with Crippen LogP contribution in [0.15, 0.2) is 18.2 Å². The number of nitrogens with two attached hydrogens (primary N) is 1. The molecule has 0 spiro atoms. The number of carbonyl (C=O) groups excluding carboxylic acids is 1. The van der Waals surface area contributed by atoms with Crippen molar-refractivity contribution in [3.05, 3.63) is 35.2 Å². The molecule has 1 aliphatic heterocycles. The number of likely N-dealkylation sites (N-methyl/N-ethyl adjacent to an activating group) is 1. The molecule has 9 nitrogen and oxygen atoms in total. The number of aromatic nitrogens is 2. The molecule has 1 saturated carbocycles. The zero-order chi connectivity index (χ0) is 26.7. The van der Waals surface area contributed by atoms with Gasteiger partial charge in [0, 0.05) is 43.6 Å². The van der Waals surface area contributed by atoms with E-state index in [9.17, 15) is 23.1 Å². The third-order valence-electron chi connectivity index (χ3n) is 6.98. The highest BCUT2D eigenvalue weighted by Gasteiger charge is 2.36. The number of aliphatic hydroxyl groups is 1. The first-order valence-corrected chi connectivity index (χ1v) is 12.6. The Morgan fingerprint density at radius 3 is 2.38 bits per heavy atom. The van der Waals surface area contributed by atoms with Crippen LogP contribution in [0.2, 0.25) is 0 Å². The van der Waals surface area contributed by atoms with Crippen molar-refractivity contribution in [1.29, 1.82) is 0 Å². The molecular formula is C25H34F3N7O2. The summed E-state index contributed by atoms with van der Waals surface area (Å²) in [6.45, 7) is 4.21. The van der Waals surface area contributed by atoms with Crippen molar-refractivity contribution in [2.75, 3.05) is 48.8 Å². The number of nitrogens with one attached hydrogen (secondary N) is 2. The fourth-order valence-corrected chi connectivity index (χ4v) is 4.81. The lowest BCUT2D eigenvalue weighted by atomic mass is 9.93. The molecule has 2 aromatic rings. The number of alkyl halides is 3. The van der Waals surface area contributed by atoms with Crippen molar-refractivity contribution < 1.29 is 23.1 Å². The lowest BCUT2D eigenvalue weighted by Gasteiger charge is -2.35. The Bertz CT molecular complexity index is 1110. The molecule has 2 heterocycles. The Labute approximate surface area is 214 Å². The Morgan fingerprint density at radius 1 is 1.11 bits per heavy atom. The maximum Gasteiger partial charge on any atom is 0.418 e. The minimum Gasteiger partial charge on any atom is -0.393 e. The van der Waals surface area contributed by atoms with Gasteiger partial charge in [0.15, 0.2) is 11.5 Å². The van der Waals surface area contributed by atoms with Crippen LogP contribution < -0.4 is 21.3 Å². The normalized spacial score (nSPS) is 21.1. The van der Waals surface area contributed by atoms with E-state index in [0.29, 0.717) is 57.0 Å². The number of benzene rings is 1. The summed E-state index contributed by atoms with van der Waals surface area (Å²) >= 11 is 0. The average molecular weight is 522 g/mol. The van der Waals surface area contributed by atoms with Crippen LogP contribution in [0.25, 0.3) is 0 Å². The Balaban J connectivity index is 1.66. The summed E-state index contributed by atoms with van der Waals surface area (Å²) in [6, 6.07) is 4.08. The SMILES string of the molecule is CCc1nc(C(N)=O)c(Nc2ccc(N3CCN(C)CC3)c(C(F)(F)F)c2)nc1N[C@H]1CC[C@H](O)CC1. The van der Waals surface area contributed by atoms with Crippen molar-refractivity contribution in [3.8, 4) is 0 Å². The molecule has 1 saturated heterocycles. The van der Waals surface area contributed by atoms with Crippen LogP contribution in [0.5, 0.6) is 0 Å². The zero-order valence-electron chi connectivity index (χ0n) is 21.1. The molecule has 0 unspecified atom stereocenters. The fraction of sp³-hybridized carbons (Fsp3) is 0.560. The van der Waals surface area contributed by atoms with Crippen LogP contribution in [0, 0.1) is 0 Å². The van der Waals surface area contributed by atoms with Crippen LogP contribution in [0.3, 0.4) is 0 Å². The third-order valence-corrected chi connectivity index (χ3v) is 6.98. The van der Waals surface area contributed by atoms with Crippen LogP contribution in [0.1, 0.15) is 54.4 Å². The van der Waals surface area contributed by atoms with Crippen LogP contribution >= 0.6 is 0 Å². The molecule has 0 radical (unpaired) electrons. The van der Waals surface area contributed by atoms with Crippen molar-refractivity contribution in [3.63, 3.8) is 0 Å². The number of hydrogen-bond acceptors (Lipinski definition) is 8. The van der Waals surface area contributed by atoms with Gasteiger partial charge in [0.2, 0.25) is 0 Å². The first-order chi connectivity index (χ1) is 17.5. The number of nitrogens with zero attached hydrogens (tertiary/aromatic N) is 4. The quantitative estimate of drug-likeness (QED) is 0.438. The predicted octanol–water partition coefficient (Wildman–Crippen LogP) is 3.37. The van der Waals surface area contributed by atoms with Gasteiger partial charge in [-0.1, -0.05) is 6.92 Å². The predicted molar refractivity (Wildman–Crippen MR) is 136 cm³/mol. The van der Waals surface area contributed by atoms with Gasteiger partial charge in [-0.15, -0.1) is 0 Å². The monoisotopic (exact) mass is 521 g/mol. The molecule has 4 rings (SSSR count). The number of anilines is 4. The Morgan fingerprint density at radius 2 is 1.78 bits per heavy atom. The van der Waals surface area contributed by atoms with Crippen LogP contribution in [-0.2, 0) is 12.6 Å². The van der Waals surface area contributed by atoms with Crippen molar-refractivity contribution >= 4 is 28.9 Å². The van der Waals surface area contributed by atoms with Crippen LogP contribution in [0.4, 0.5) is 36.2 Å². The maximum absolute atomic E-state index is 14.1. The first-order valence-electron chi connectivity index (χ1n) is 12.6. The maximum atomic E-state index is 14.1. The smallest absolute Gasteiger partial charge is 0.393 e. The van der Waals surface area contributed by atoms with Gasteiger partial charge < -0.3 is 31.3 Å². The first kappa shape index (κ1) is 26.9. The van der Waals surface area contributed by atoms with Gasteiger partial charge in [0.1, 0.15) is 5.82 Å². The third kappa shape index (κ3) is 6.42. The van der Waals surface area contributed by atoms with Crippen molar-refractivity contribution in [1.82, 2.24) is 14.9 Å². The molecule has 1 aliphatic carbocycles. The highest BCUT2D eigenvalue weighted by atomic mass is 19.4. The van der Waals surface area contributed by atoms with Crippen molar-refractivity contribution in [2.45, 2.75) is 57.3 Å². The van der Waals surface area contributed by atoms with E-state index in [1.54, 1.807) is 11.0 Å². The number of amides is 1. The molecule has 1 aromatic heterocycles. The van der Waals surface area contributed by atoms with Gasteiger partial charge in [-0.25, -0.2) is 9.97 Å². The summed E-state index contributed by atoms with van der Waals surface area (Å²) in [5, 5.41) is 16.0. The molecule has 12 heteroatoms. The van der Waals surface area contributed by atoms with Gasteiger partial charge in [0.25, 0.3) is 5.91 Å². The Hall–Kier alpha value is -3.12. The van der Waals surface area contributed by atoms with E-state index in [2.05, 4.69) is 25.5 Å². The fourth-order valence-electron chi connectivity index (χ4n) is 4.81. The Kier molecular flexibility index (Phi) is 8.08. The number of carbonyl (C=O) groups is 1. The summed E-state index contributed by atoms with van der Waals surface area (Å²) in [4.78, 5) is 24.9. The molecule has 1 amide bonds. The number of aliphatic hydroxyl groups excluding tert-OH is 1. The number of rotatable bonds is 7. The summed E-state index contributed by atoms with van der Waals surface area (Å²) in [7, 11) is 1.94. The minimum absolute atomic E-state index is 0.0106. The largest absolute Gasteiger partial charge is 0.418 e. The average Bonchev–Trinajstić information content (AvgIpc) is 2.85. The molecule has 202 valence electrons. The lowest BCUT2D eigenvalue weighted by molar-refractivity contribution is -0.137. The summed E-state index contributed by atoms with van der Waals surface area (Å²) in [5.74, 6) is -0.396. The number of aryl methyl sites for hydroxylation is 1. The van der Waals surface area contributed by atoms with Gasteiger partial charge in [-0.3, -0.25) is 4.79 Å². The van der Waals surface area contributed by atoms with E-state index in [-0.39, 0.29) is 35.0 Å². The van der Waals surface area contributed by atoms with E-state index in [1.165, 1.54) is 6.07 Å². The molecule has 0 atom stereocenters. The van der Waals surface area contributed by atoms with Gasteiger partial charge >= 0.3 is 6.18 Å². The highest BCUT2D eigenvalue weighted by Crippen LogP contribution is 2.39. The molecule has 2 aliphatic rings. The van der Waals surface area contributed by atoms with Gasteiger partial charge in [-0.05, 0) is 57.4 Å². The molecule has 0 bridgehead atoms. The number of halogens is 3. The topological polar surface area (TPSA) is 120 Å². The van der Waals surface area contributed by atoms with E-state index < -0.39 is 17.6 Å². The minimum atomic E-state index is -4.57. The van der Waals surface area contributed by atoms with Gasteiger partial charge in [0.05, 0.1) is 17.4 Å². The number of piperazine rings is 1. The van der Waals surface area contributed by atoms with E-state index in [1.807, 2.05) is 14.0 Å². The zero-order valence-corrected chi connectivity index (χ0v) is 21.1. The highest BCUT2D eigenvalue weighted by molar-refractivity contribution is 5.96. The second-order valence-corrected chi connectivity index (χ2v) is 9.73. The summed E-state index contributed by atoms with van der Waals surface area (Å²) < 4.78 is 42.2. The molecular weight excluding hydrogens is 487 g/mol. The molecule has 1 aromatic carbocycles. The van der Waals surface area contributed by atoms with Gasteiger partial charge in [-0.2, -0.15) is 13.2 Å². The van der Waals surface area contributed by atoms with Crippen molar-refractivity contribution in [2.24, 2.45) is 5.73 Å². The summed E-state index contributed by atoms with van der Waals surface area (Å²) in [6.07, 6.45) is -1.60. The number of hydrogen-bond donors (Lipinski definition) is 4. The summed E-state index contributed by atoms with van der Waals surface area (Å²) in [5.41, 5.74) is 5.43. The molecule has 5 N–H and O–H groups in total.